The molecule has 1 aliphatic carbocycles. The summed E-state index contributed by atoms with van der Waals surface area (Å²) in [6, 6.07) is 0. The molecule has 1 N–H and O–H groups in total. The molecule has 1 fully saturated rings. The zero-order valence-electron chi connectivity index (χ0n) is 8.26. The molecule has 0 bridgehead atoms. The van der Waals surface area contributed by atoms with Crippen molar-refractivity contribution in [1.82, 2.24) is 0 Å². The van der Waals surface area contributed by atoms with Crippen LogP contribution in [0.3, 0.4) is 0 Å². The van der Waals surface area contributed by atoms with Gasteiger partial charge in [0.15, 0.2) is 0 Å². The second-order valence-electron chi connectivity index (χ2n) is 4.20. The number of hydrogen-bond acceptors (Lipinski definition) is 1. The lowest BCUT2D eigenvalue weighted by Gasteiger charge is -2.29. The van der Waals surface area contributed by atoms with Crippen molar-refractivity contribution in [3.8, 4) is 0 Å². The Balaban J connectivity index is 2.11. The molecule has 0 spiro atoms. The molecule has 0 aliphatic heterocycles. The van der Waals surface area contributed by atoms with Gasteiger partial charge < -0.3 is 5.11 Å². The fraction of sp³-hybridized carbons (Fsp3) is 1.00. The minimum Gasteiger partial charge on any atom is -0.396 e. The van der Waals surface area contributed by atoms with Crippen LogP contribution in [0.2, 0.25) is 0 Å². The molecule has 1 unspecified atom stereocenters. The van der Waals surface area contributed by atoms with Gasteiger partial charge in [0, 0.05) is 6.61 Å². The van der Waals surface area contributed by atoms with Crippen molar-refractivity contribution in [2.24, 2.45) is 11.8 Å². The van der Waals surface area contributed by atoms with E-state index in [1.807, 2.05) is 0 Å². The Morgan fingerprint density at radius 2 is 2.08 bits per heavy atom. The van der Waals surface area contributed by atoms with Crippen LogP contribution in [0.1, 0.15) is 51.9 Å². The first kappa shape index (κ1) is 10.0. The van der Waals surface area contributed by atoms with Crippen LogP contribution in [0.25, 0.3) is 0 Å². The third-order valence-corrected chi connectivity index (χ3v) is 3.13. The standard InChI is InChI=1S/C11H22O/c1-2-4-10(7-8-12)9-11-5-3-6-11/h10-12H,2-9H2,1H3. The van der Waals surface area contributed by atoms with Gasteiger partial charge in [-0.25, -0.2) is 0 Å². The Morgan fingerprint density at radius 1 is 1.33 bits per heavy atom. The highest BCUT2D eigenvalue weighted by molar-refractivity contribution is 4.73. The Hall–Kier alpha value is -0.0400. The van der Waals surface area contributed by atoms with Gasteiger partial charge in [0.2, 0.25) is 0 Å². The summed E-state index contributed by atoms with van der Waals surface area (Å²) < 4.78 is 0. The van der Waals surface area contributed by atoms with Crippen LogP contribution < -0.4 is 0 Å². The topological polar surface area (TPSA) is 20.2 Å². The van der Waals surface area contributed by atoms with Gasteiger partial charge in [-0.15, -0.1) is 0 Å². The van der Waals surface area contributed by atoms with Crippen molar-refractivity contribution >= 4 is 0 Å². The molecule has 1 saturated carbocycles. The molecule has 0 heterocycles. The number of aliphatic hydroxyl groups is 1. The quantitative estimate of drug-likeness (QED) is 0.649. The molecular weight excluding hydrogens is 148 g/mol. The number of aliphatic hydroxyl groups excluding tert-OH is 1. The predicted molar refractivity (Wildman–Crippen MR) is 52.1 cm³/mol. The maximum atomic E-state index is 8.87. The van der Waals surface area contributed by atoms with E-state index in [0.717, 1.165) is 18.3 Å². The van der Waals surface area contributed by atoms with Gasteiger partial charge in [0.05, 0.1) is 0 Å². The fourth-order valence-electron chi connectivity index (χ4n) is 2.17. The second-order valence-corrected chi connectivity index (χ2v) is 4.20. The average molecular weight is 170 g/mol. The maximum Gasteiger partial charge on any atom is 0.0433 e. The Labute approximate surface area is 76.2 Å². The van der Waals surface area contributed by atoms with Crippen LogP contribution in [0.15, 0.2) is 0 Å². The first-order chi connectivity index (χ1) is 5.86. The van der Waals surface area contributed by atoms with E-state index < -0.39 is 0 Å². The summed E-state index contributed by atoms with van der Waals surface area (Å²) in [6.07, 6.45) is 9.35. The fourth-order valence-corrected chi connectivity index (χ4v) is 2.17. The molecule has 72 valence electrons. The van der Waals surface area contributed by atoms with E-state index in [1.54, 1.807) is 0 Å². The van der Waals surface area contributed by atoms with E-state index in [4.69, 9.17) is 5.11 Å². The van der Waals surface area contributed by atoms with E-state index in [2.05, 4.69) is 6.92 Å². The van der Waals surface area contributed by atoms with Gasteiger partial charge in [-0.1, -0.05) is 39.0 Å². The zero-order valence-corrected chi connectivity index (χ0v) is 8.26. The van der Waals surface area contributed by atoms with Gasteiger partial charge in [0.25, 0.3) is 0 Å². The van der Waals surface area contributed by atoms with Crippen molar-refractivity contribution in [2.45, 2.75) is 51.9 Å². The molecule has 1 atom stereocenters. The summed E-state index contributed by atoms with van der Waals surface area (Å²) in [7, 11) is 0. The van der Waals surface area contributed by atoms with Crippen LogP contribution in [0.5, 0.6) is 0 Å². The smallest absolute Gasteiger partial charge is 0.0433 e. The Bertz CT molecular complexity index is 102. The SMILES string of the molecule is CCCC(CCO)CC1CCC1. The maximum absolute atomic E-state index is 8.87. The second kappa shape index (κ2) is 5.58. The first-order valence-corrected chi connectivity index (χ1v) is 5.47. The van der Waals surface area contributed by atoms with E-state index in [0.29, 0.717) is 6.61 Å². The lowest BCUT2D eigenvalue weighted by atomic mass is 9.77. The Morgan fingerprint density at radius 3 is 2.50 bits per heavy atom. The van der Waals surface area contributed by atoms with Crippen molar-refractivity contribution in [3.63, 3.8) is 0 Å². The molecule has 0 aromatic carbocycles. The van der Waals surface area contributed by atoms with Crippen LogP contribution in [0.4, 0.5) is 0 Å². The van der Waals surface area contributed by atoms with Crippen LogP contribution in [-0.4, -0.2) is 11.7 Å². The lowest BCUT2D eigenvalue weighted by Crippen LogP contribution is -2.16. The van der Waals surface area contributed by atoms with Gasteiger partial charge in [-0.2, -0.15) is 0 Å². The van der Waals surface area contributed by atoms with Crippen molar-refractivity contribution in [1.29, 1.82) is 0 Å². The third kappa shape index (κ3) is 3.14. The van der Waals surface area contributed by atoms with E-state index in [-0.39, 0.29) is 0 Å². The lowest BCUT2D eigenvalue weighted by molar-refractivity contribution is 0.197. The van der Waals surface area contributed by atoms with Crippen molar-refractivity contribution in [3.05, 3.63) is 0 Å². The molecule has 0 aromatic rings. The minimum absolute atomic E-state index is 0.386. The van der Waals surface area contributed by atoms with E-state index >= 15 is 0 Å². The molecular formula is C11H22O. The predicted octanol–water partition coefficient (Wildman–Crippen LogP) is 2.98. The van der Waals surface area contributed by atoms with Gasteiger partial charge in [-0.3, -0.25) is 0 Å². The average Bonchev–Trinajstić information content (AvgIpc) is 1.97. The van der Waals surface area contributed by atoms with Gasteiger partial charge >= 0.3 is 0 Å². The molecule has 12 heavy (non-hydrogen) atoms. The molecule has 0 amide bonds. The number of hydrogen-bond donors (Lipinski definition) is 1. The van der Waals surface area contributed by atoms with E-state index in [9.17, 15) is 0 Å². The normalized spacial score (nSPS) is 20.5. The van der Waals surface area contributed by atoms with E-state index in [1.165, 1.54) is 38.5 Å². The summed E-state index contributed by atoms with van der Waals surface area (Å²) in [5, 5.41) is 8.87. The molecule has 1 rings (SSSR count). The summed E-state index contributed by atoms with van der Waals surface area (Å²) in [5.74, 6) is 1.82. The first-order valence-electron chi connectivity index (χ1n) is 5.47. The zero-order chi connectivity index (χ0) is 8.81. The molecule has 0 aromatic heterocycles. The minimum atomic E-state index is 0.386. The summed E-state index contributed by atoms with van der Waals surface area (Å²) >= 11 is 0. The van der Waals surface area contributed by atoms with Crippen LogP contribution >= 0.6 is 0 Å². The number of rotatable bonds is 6. The van der Waals surface area contributed by atoms with Crippen LogP contribution in [-0.2, 0) is 0 Å². The molecule has 1 heteroatoms. The molecule has 1 nitrogen and oxygen atoms in total. The summed E-state index contributed by atoms with van der Waals surface area (Å²) in [6.45, 7) is 2.63. The molecule has 0 saturated heterocycles. The van der Waals surface area contributed by atoms with Crippen LogP contribution in [0, 0.1) is 11.8 Å². The van der Waals surface area contributed by atoms with Crippen molar-refractivity contribution in [2.75, 3.05) is 6.61 Å². The van der Waals surface area contributed by atoms with Gasteiger partial charge in [0.1, 0.15) is 0 Å². The highest BCUT2D eigenvalue weighted by Crippen LogP contribution is 2.34. The third-order valence-electron chi connectivity index (χ3n) is 3.13. The molecule has 1 aliphatic rings. The summed E-state index contributed by atoms with van der Waals surface area (Å²) in [4.78, 5) is 0. The largest absolute Gasteiger partial charge is 0.396 e. The molecule has 0 radical (unpaired) electrons. The highest BCUT2D eigenvalue weighted by atomic mass is 16.3. The van der Waals surface area contributed by atoms with Gasteiger partial charge in [-0.05, 0) is 24.7 Å². The highest BCUT2D eigenvalue weighted by Gasteiger charge is 2.21. The Kier molecular flexibility index (Phi) is 4.67. The summed E-state index contributed by atoms with van der Waals surface area (Å²) in [5.41, 5.74) is 0. The monoisotopic (exact) mass is 170 g/mol. The van der Waals surface area contributed by atoms with Crippen molar-refractivity contribution < 1.29 is 5.11 Å².